The van der Waals surface area contributed by atoms with Crippen molar-refractivity contribution in [3.8, 4) is 0 Å². The van der Waals surface area contributed by atoms with E-state index in [4.69, 9.17) is 4.74 Å². The molecule has 5 nitrogen and oxygen atoms in total. The fraction of sp³-hybridized carbons (Fsp3) is 0.200. The van der Waals surface area contributed by atoms with Gasteiger partial charge < -0.3 is 9.64 Å². The van der Waals surface area contributed by atoms with Crippen LogP contribution in [0.4, 0.5) is 10.5 Å². The number of carbonyl (C=O) groups excluding carboxylic acids is 2. The summed E-state index contributed by atoms with van der Waals surface area (Å²) in [6, 6.07) is 7.57. The minimum absolute atomic E-state index is 0.0365. The van der Waals surface area contributed by atoms with E-state index in [1.165, 1.54) is 6.08 Å². The van der Waals surface area contributed by atoms with Crippen LogP contribution in [-0.4, -0.2) is 37.5 Å². The van der Waals surface area contributed by atoms with E-state index in [0.29, 0.717) is 0 Å². The quantitative estimate of drug-likeness (QED) is 0.623. The van der Waals surface area contributed by atoms with Crippen LogP contribution >= 0.6 is 0 Å². The topological polar surface area (TPSA) is 49.9 Å². The molecule has 0 N–H and O–H groups in total. The van der Waals surface area contributed by atoms with Crippen molar-refractivity contribution in [2.24, 2.45) is 0 Å². The Bertz CT molecular complexity index is 573. The molecule has 0 atom stereocenters. The van der Waals surface area contributed by atoms with Gasteiger partial charge in [-0.05, 0) is 23.8 Å². The van der Waals surface area contributed by atoms with Gasteiger partial charge in [0.25, 0.3) is 5.91 Å². The Morgan fingerprint density at radius 3 is 2.45 bits per heavy atom. The smallest absolute Gasteiger partial charge is 0.404 e. The van der Waals surface area contributed by atoms with Gasteiger partial charge in [-0.15, -0.1) is 6.58 Å². The summed E-state index contributed by atoms with van der Waals surface area (Å²) in [7, 11) is 3.89. The number of rotatable bonds is 4. The Hall–Kier alpha value is -2.56. The summed E-state index contributed by atoms with van der Waals surface area (Å²) in [6.45, 7) is 3.65. The summed E-state index contributed by atoms with van der Waals surface area (Å²) in [5.74, 6) is -0.402. The number of carbonyl (C=O) groups is 2. The molecule has 1 heterocycles. The highest BCUT2D eigenvalue weighted by atomic mass is 16.6. The maximum absolute atomic E-state index is 11.9. The summed E-state index contributed by atoms with van der Waals surface area (Å²) >= 11 is 0. The Kier molecular flexibility index (Phi) is 3.89. The average Bonchev–Trinajstić information content (AvgIpc) is 2.67. The standard InChI is InChI=1S/C15H16N2O3/c1-4-9-17-14(18)13(20-15(17)19)10-11-5-7-12(8-6-11)16(2)3/h4-8,10H,1,9H2,2-3H3/b13-10+. The fourth-order valence-electron chi connectivity index (χ4n) is 1.81. The second-order valence-corrected chi connectivity index (χ2v) is 4.57. The molecule has 0 bridgehead atoms. The number of hydrogen-bond donors (Lipinski definition) is 0. The molecule has 0 aliphatic carbocycles. The third-order valence-electron chi connectivity index (χ3n) is 2.89. The Labute approximate surface area is 117 Å². The van der Waals surface area contributed by atoms with Crippen molar-refractivity contribution < 1.29 is 14.3 Å². The Morgan fingerprint density at radius 1 is 1.25 bits per heavy atom. The first-order chi connectivity index (χ1) is 9.52. The van der Waals surface area contributed by atoms with Crippen LogP contribution < -0.4 is 4.90 Å². The monoisotopic (exact) mass is 272 g/mol. The molecule has 0 radical (unpaired) electrons. The van der Waals surface area contributed by atoms with Gasteiger partial charge in [-0.1, -0.05) is 18.2 Å². The number of cyclic esters (lactones) is 1. The lowest BCUT2D eigenvalue weighted by Gasteiger charge is -2.11. The molecule has 0 aromatic heterocycles. The number of imide groups is 1. The number of benzene rings is 1. The molecule has 0 spiro atoms. The van der Waals surface area contributed by atoms with Crippen molar-refractivity contribution in [3.63, 3.8) is 0 Å². The van der Waals surface area contributed by atoms with Gasteiger partial charge in [0.05, 0.1) is 6.54 Å². The van der Waals surface area contributed by atoms with Gasteiger partial charge in [-0.25, -0.2) is 9.69 Å². The molecule has 5 heteroatoms. The lowest BCUT2D eigenvalue weighted by atomic mass is 10.1. The largest absolute Gasteiger partial charge is 0.422 e. The van der Waals surface area contributed by atoms with Crippen LogP contribution in [0.3, 0.4) is 0 Å². The average molecular weight is 272 g/mol. The molecule has 1 aliphatic heterocycles. The maximum Gasteiger partial charge on any atom is 0.422 e. The molecule has 2 rings (SSSR count). The Morgan fingerprint density at radius 2 is 1.90 bits per heavy atom. The van der Waals surface area contributed by atoms with E-state index in [0.717, 1.165) is 16.2 Å². The van der Waals surface area contributed by atoms with Crippen LogP contribution in [0.15, 0.2) is 42.7 Å². The molecule has 0 saturated carbocycles. The molecule has 1 saturated heterocycles. The second-order valence-electron chi connectivity index (χ2n) is 4.57. The minimum atomic E-state index is -0.661. The van der Waals surface area contributed by atoms with Crippen molar-refractivity contribution in [1.82, 2.24) is 4.90 Å². The van der Waals surface area contributed by atoms with Crippen molar-refractivity contribution in [3.05, 3.63) is 48.2 Å². The van der Waals surface area contributed by atoms with E-state index < -0.39 is 12.0 Å². The zero-order valence-electron chi connectivity index (χ0n) is 11.5. The second kappa shape index (κ2) is 5.61. The van der Waals surface area contributed by atoms with Crippen molar-refractivity contribution >= 4 is 23.8 Å². The van der Waals surface area contributed by atoms with Gasteiger partial charge in [-0.3, -0.25) is 4.79 Å². The first kappa shape index (κ1) is 13.9. The van der Waals surface area contributed by atoms with E-state index in [1.54, 1.807) is 6.08 Å². The van der Waals surface area contributed by atoms with E-state index in [1.807, 2.05) is 43.3 Å². The first-order valence-corrected chi connectivity index (χ1v) is 6.16. The van der Waals surface area contributed by atoms with Crippen LogP contribution in [0.2, 0.25) is 0 Å². The molecular formula is C15H16N2O3. The molecule has 1 aromatic rings. The number of nitrogens with zero attached hydrogens (tertiary/aromatic N) is 2. The van der Waals surface area contributed by atoms with Gasteiger partial charge in [0.15, 0.2) is 5.76 Å². The first-order valence-electron chi connectivity index (χ1n) is 6.16. The van der Waals surface area contributed by atoms with E-state index in [2.05, 4.69) is 6.58 Å². The third-order valence-corrected chi connectivity index (χ3v) is 2.89. The van der Waals surface area contributed by atoms with Gasteiger partial charge >= 0.3 is 6.09 Å². The molecule has 1 fully saturated rings. The van der Waals surface area contributed by atoms with Crippen LogP contribution in [0.5, 0.6) is 0 Å². The molecule has 1 aliphatic rings. The van der Waals surface area contributed by atoms with Gasteiger partial charge in [0.1, 0.15) is 0 Å². The van der Waals surface area contributed by atoms with Crippen LogP contribution in [0, 0.1) is 0 Å². The Balaban J connectivity index is 2.21. The van der Waals surface area contributed by atoms with Gasteiger partial charge in [-0.2, -0.15) is 0 Å². The summed E-state index contributed by atoms with van der Waals surface area (Å²) < 4.78 is 4.96. The molecule has 1 aromatic carbocycles. The van der Waals surface area contributed by atoms with Crippen LogP contribution in [0.25, 0.3) is 6.08 Å². The predicted molar refractivity (Wildman–Crippen MR) is 77.1 cm³/mol. The molecule has 20 heavy (non-hydrogen) atoms. The highest BCUT2D eigenvalue weighted by Crippen LogP contribution is 2.20. The van der Waals surface area contributed by atoms with Crippen LogP contribution in [-0.2, 0) is 9.53 Å². The number of hydrogen-bond acceptors (Lipinski definition) is 4. The molecule has 104 valence electrons. The number of anilines is 1. The molecule has 2 amide bonds. The van der Waals surface area contributed by atoms with Crippen molar-refractivity contribution in [1.29, 1.82) is 0 Å². The normalized spacial score (nSPS) is 16.5. The third kappa shape index (κ3) is 2.71. The highest BCUT2D eigenvalue weighted by Gasteiger charge is 2.35. The fourth-order valence-corrected chi connectivity index (χ4v) is 1.81. The molecule has 0 unspecified atom stereocenters. The predicted octanol–water partition coefficient (Wildman–Crippen LogP) is 2.26. The SMILES string of the molecule is C=CCN1C(=O)O/C(=C/c2ccc(N(C)C)cc2)C1=O. The summed E-state index contributed by atoms with van der Waals surface area (Å²) in [5.41, 5.74) is 1.85. The van der Waals surface area contributed by atoms with E-state index >= 15 is 0 Å². The minimum Gasteiger partial charge on any atom is -0.404 e. The van der Waals surface area contributed by atoms with Gasteiger partial charge in [0.2, 0.25) is 0 Å². The lowest BCUT2D eigenvalue weighted by molar-refractivity contribution is -0.122. The van der Waals surface area contributed by atoms with Gasteiger partial charge in [0, 0.05) is 19.8 Å². The van der Waals surface area contributed by atoms with Crippen LogP contribution in [0.1, 0.15) is 5.56 Å². The highest BCUT2D eigenvalue weighted by molar-refractivity contribution is 6.10. The molecular weight excluding hydrogens is 256 g/mol. The van der Waals surface area contributed by atoms with E-state index in [9.17, 15) is 9.59 Å². The summed E-state index contributed by atoms with van der Waals surface area (Å²) in [5, 5.41) is 0. The van der Waals surface area contributed by atoms with Crippen molar-refractivity contribution in [2.45, 2.75) is 0 Å². The zero-order chi connectivity index (χ0) is 14.7. The lowest BCUT2D eigenvalue weighted by Crippen LogP contribution is -2.28. The summed E-state index contributed by atoms with van der Waals surface area (Å²) in [6.07, 6.45) is 2.38. The van der Waals surface area contributed by atoms with E-state index in [-0.39, 0.29) is 12.3 Å². The van der Waals surface area contributed by atoms with Crippen molar-refractivity contribution in [2.75, 3.05) is 25.5 Å². The number of ether oxygens (including phenoxy) is 1. The summed E-state index contributed by atoms with van der Waals surface area (Å²) in [4.78, 5) is 26.4. The zero-order valence-corrected chi connectivity index (χ0v) is 11.5. The number of amides is 2. The maximum atomic E-state index is 11.9.